The van der Waals surface area contributed by atoms with E-state index in [2.05, 4.69) is 20.1 Å². The number of carbonyl (C=O) groups excluding carboxylic acids is 1. The number of methoxy groups -OCH3 is 1. The van der Waals surface area contributed by atoms with Gasteiger partial charge in [0.15, 0.2) is 0 Å². The van der Waals surface area contributed by atoms with Crippen LogP contribution in [-0.4, -0.2) is 33.9 Å². The number of pyridine rings is 1. The van der Waals surface area contributed by atoms with Crippen molar-refractivity contribution in [2.24, 2.45) is 0 Å². The van der Waals surface area contributed by atoms with Crippen LogP contribution in [0.5, 0.6) is 0 Å². The Morgan fingerprint density at radius 1 is 1.53 bits per heavy atom. The van der Waals surface area contributed by atoms with E-state index in [1.54, 1.807) is 18.5 Å². The molecule has 1 atom stereocenters. The summed E-state index contributed by atoms with van der Waals surface area (Å²) in [6.07, 6.45) is 5.23. The lowest BCUT2D eigenvalue weighted by Crippen LogP contribution is -2.22. The number of nitrogens with one attached hydrogen (secondary N) is 1. The van der Waals surface area contributed by atoms with Crippen molar-refractivity contribution in [1.82, 2.24) is 14.8 Å². The van der Waals surface area contributed by atoms with Crippen LogP contribution < -0.4 is 5.32 Å². The van der Waals surface area contributed by atoms with Gasteiger partial charge in [0.05, 0.1) is 13.7 Å². The average Bonchev–Trinajstić information content (AvgIpc) is 2.90. The van der Waals surface area contributed by atoms with Gasteiger partial charge >= 0.3 is 5.97 Å². The zero-order valence-corrected chi connectivity index (χ0v) is 10.9. The van der Waals surface area contributed by atoms with Crippen molar-refractivity contribution in [1.29, 1.82) is 0 Å². The zero-order chi connectivity index (χ0) is 13.7. The van der Waals surface area contributed by atoms with E-state index in [0.717, 1.165) is 12.2 Å². The topological polar surface area (TPSA) is 69.0 Å². The standard InChI is InChI=1S/C13H16N4O2/c1-10(9-17-7-3-5-15-17)16-11-4-6-14-12(8-11)13(18)19-2/h3-8,10H,9H2,1-2H3,(H,14,16). The molecule has 0 aromatic carbocycles. The summed E-state index contributed by atoms with van der Waals surface area (Å²) < 4.78 is 6.49. The monoisotopic (exact) mass is 260 g/mol. The predicted molar refractivity (Wildman–Crippen MR) is 70.9 cm³/mol. The number of rotatable bonds is 5. The number of ether oxygens (including phenoxy) is 1. The molecule has 0 aliphatic rings. The molecule has 0 aliphatic heterocycles. The molecule has 6 heteroatoms. The van der Waals surface area contributed by atoms with Gasteiger partial charge in [-0.3, -0.25) is 4.68 Å². The van der Waals surface area contributed by atoms with Gasteiger partial charge in [0.1, 0.15) is 5.69 Å². The summed E-state index contributed by atoms with van der Waals surface area (Å²) in [5.74, 6) is -0.441. The third-order valence-corrected chi connectivity index (χ3v) is 2.59. The second-order valence-corrected chi connectivity index (χ2v) is 4.19. The van der Waals surface area contributed by atoms with Crippen LogP contribution in [0.4, 0.5) is 5.69 Å². The fourth-order valence-electron chi connectivity index (χ4n) is 1.76. The Bertz CT molecular complexity index is 539. The Labute approximate surface area is 111 Å². The summed E-state index contributed by atoms with van der Waals surface area (Å²) >= 11 is 0. The lowest BCUT2D eigenvalue weighted by atomic mass is 10.2. The fourth-order valence-corrected chi connectivity index (χ4v) is 1.76. The third-order valence-electron chi connectivity index (χ3n) is 2.59. The number of anilines is 1. The number of hydrogen-bond donors (Lipinski definition) is 1. The van der Waals surface area contributed by atoms with Gasteiger partial charge in [0.25, 0.3) is 0 Å². The van der Waals surface area contributed by atoms with Gasteiger partial charge in [0, 0.05) is 30.3 Å². The van der Waals surface area contributed by atoms with Crippen molar-refractivity contribution in [2.75, 3.05) is 12.4 Å². The summed E-state index contributed by atoms with van der Waals surface area (Å²) in [6, 6.07) is 5.54. The first-order valence-electron chi connectivity index (χ1n) is 5.97. The normalized spacial score (nSPS) is 11.9. The summed E-state index contributed by atoms with van der Waals surface area (Å²) in [6.45, 7) is 2.78. The van der Waals surface area contributed by atoms with Gasteiger partial charge in [-0.2, -0.15) is 5.10 Å². The first kappa shape index (κ1) is 13.1. The average molecular weight is 260 g/mol. The minimum Gasteiger partial charge on any atom is -0.464 e. The molecule has 6 nitrogen and oxygen atoms in total. The highest BCUT2D eigenvalue weighted by Gasteiger charge is 2.09. The van der Waals surface area contributed by atoms with Gasteiger partial charge in [-0.25, -0.2) is 9.78 Å². The van der Waals surface area contributed by atoms with E-state index in [1.807, 2.05) is 29.9 Å². The number of carbonyl (C=O) groups is 1. The molecular formula is C13H16N4O2. The van der Waals surface area contributed by atoms with E-state index < -0.39 is 5.97 Å². The van der Waals surface area contributed by atoms with Crippen LogP contribution in [0.25, 0.3) is 0 Å². The van der Waals surface area contributed by atoms with Crippen molar-refractivity contribution in [3.63, 3.8) is 0 Å². The minimum absolute atomic E-state index is 0.174. The lowest BCUT2D eigenvalue weighted by molar-refractivity contribution is 0.0594. The molecule has 0 saturated heterocycles. The molecule has 0 fully saturated rings. The van der Waals surface area contributed by atoms with Crippen molar-refractivity contribution in [2.45, 2.75) is 19.5 Å². The summed E-state index contributed by atoms with van der Waals surface area (Å²) in [5.41, 5.74) is 1.12. The van der Waals surface area contributed by atoms with E-state index in [0.29, 0.717) is 5.69 Å². The Balaban J connectivity index is 2.00. The van der Waals surface area contributed by atoms with Gasteiger partial charge in [0.2, 0.25) is 0 Å². The Morgan fingerprint density at radius 3 is 3.05 bits per heavy atom. The minimum atomic E-state index is -0.441. The summed E-state index contributed by atoms with van der Waals surface area (Å²) in [5, 5.41) is 7.44. The highest BCUT2D eigenvalue weighted by molar-refractivity contribution is 5.88. The molecule has 19 heavy (non-hydrogen) atoms. The Hall–Kier alpha value is -2.37. The van der Waals surface area contributed by atoms with Crippen molar-refractivity contribution in [3.8, 4) is 0 Å². The maximum Gasteiger partial charge on any atom is 0.356 e. The van der Waals surface area contributed by atoms with E-state index in [4.69, 9.17) is 0 Å². The smallest absolute Gasteiger partial charge is 0.356 e. The van der Waals surface area contributed by atoms with E-state index in [1.165, 1.54) is 7.11 Å². The molecule has 0 aliphatic carbocycles. The number of esters is 1. The van der Waals surface area contributed by atoms with Crippen molar-refractivity contribution >= 4 is 11.7 Å². The van der Waals surface area contributed by atoms with E-state index >= 15 is 0 Å². The quantitative estimate of drug-likeness (QED) is 0.826. The molecule has 0 spiro atoms. The van der Waals surface area contributed by atoms with Crippen molar-refractivity contribution < 1.29 is 9.53 Å². The van der Waals surface area contributed by atoms with Crippen LogP contribution in [0, 0.1) is 0 Å². The zero-order valence-electron chi connectivity index (χ0n) is 10.9. The lowest BCUT2D eigenvalue weighted by Gasteiger charge is -2.15. The molecule has 1 N–H and O–H groups in total. The van der Waals surface area contributed by atoms with Crippen molar-refractivity contribution in [3.05, 3.63) is 42.5 Å². The fraction of sp³-hybridized carbons (Fsp3) is 0.308. The number of hydrogen-bond acceptors (Lipinski definition) is 5. The second-order valence-electron chi connectivity index (χ2n) is 4.19. The Kier molecular flexibility index (Phi) is 4.12. The first-order valence-corrected chi connectivity index (χ1v) is 5.97. The van der Waals surface area contributed by atoms with E-state index in [9.17, 15) is 4.79 Å². The summed E-state index contributed by atoms with van der Waals surface area (Å²) in [7, 11) is 1.34. The van der Waals surface area contributed by atoms with Crippen LogP contribution in [0.2, 0.25) is 0 Å². The highest BCUT2D eigenvalue weighted by Crippen LogP contribution is 2.10. The van der Waals surface area contributed by atoms with Gasteiger partial charge < -0.3 is 10.1 Å². The van der Waals surface area contributed by atoms with Gasteiger partial charge in [-0.15, -0.1) is 0 Å². The molecule has 1 unspecified atom stereocenters. The van der Waals surface area contributed by atoms with Crippen LogP contribution >= 0.6 is 0 Å². The summed E-state index contributed by atoms with van der Waals surface area (Å²) in [4.78, 5) is 15.3. The molecule has 2 aromatic rings. The van der Waals surface area contributed by atoms with Crippen LogP contribution in [-0.2, 0) is 11.3 Å². The Morgan fingerprint density at radius 2 is 2.37 bits per heavy atom. The highest BCUT2D eigenvalue weighted by atomic mass is 16.5. The molecule has 0 bridgehead atoms. The predicted octanol–water partition coefficient (Wildman–Crippen LogP) is 1.57. The SMILES string of the molecule is COC(=O)c1cc(NC(C)Cn2cccn2)ccn1. The van der Waals surface area contributed by atoms with E-state index in [-0.39, 0.29) is 6.04 Å². The molecule has 2 rings (SSSR count). The van der Waals surface area contributed by atoms with Gasteiger partial charge in [-0.05, 0) is 25.1 Å². The van der Waals surface area contributed by atoms with Crippen LogP contribution in [0.1, 0.15) is 17.4 Å². The van der Waals surface area contributed by atoms with Gasteiger partial charge in [-0.1, -0.05) is 0 Å². The first-order chi connectivity index (χ1) is 9.19. The molecule has 2 aromatic heterocycles. The third kappa shape index (κ3) is 3.54. The maximum atomic E-state index is 11.4. The molecular weight excluding hydrogens is 244 g/mol. The molecule has 0 amide bonds. The second kappa shape index (κ2) is 5.99. The largest absolute Gasteiger partial charge is 0.464 e. The maximum absolute atomic E-state index is 11.4. The molecule has 0 saturated carbocycles. The van der Waals surface area contributed by atoms with Crippen LogP contribution in [0.15, 0.2) is 36.8 Å². The van der Waals surface area contributed by atoms with Crippen LogP contribution in [0.3, 0.4) is 0 Å². The molecule has 0 radical (unpaired) electrons. The molecule has 100 valence electrons. The molecule has 2 heterocycles. The number of aromatic nitrogens is 3. The number of nitrogens with zero attached hydrogens (tertiary/aromatic N) is 3.